The topological polar surface area (TPSA) is 92.0 Å². The van der Waals surface area contributed by atoms with Crippen LogP contribution < -0.4 is 9.73 Å². The summed E-state index contributed by atoms with van der Waals surface area (Å²) in [5, 5.41) is 3.80. The molecule has 0 saturated carbocycles. The van der Waals surface area contributed by atoms with Gasteiger partial charge in [0.05, 0.1) is 23.1 Å². The maximum absolute atomic E-state index is 13.2. The molecule has 0 radical (unpaired) electrons. The summed E-state index contributed by atoms with van der Waals surface area (Å²) in [5.74, 6) is -0.112. The molecule has 3 aromatic rings. The second kappa shape index (κ2) is 8.53. The summed E-state index contributed by atoms with van der Waals surface area (Å²) < 4.78 is 32.5. The van der Waals surface area contributed by atoms with Crippen LogP contribution in [0.25, 0.3) is 0 Å². The number of aryl methyl sites for hydroxylation is 1. The molecule has 0 aliphatic heterocycles. The number of para-hydroxylation sites is 1. The van der Waals surface area contributed by atoms with E-state index in [0.29, 0.717) is 11.4 Å². The van der Waals surface area contributed by atoms with Gasteiger partial charge in [0.1, 0.15) is 12.3 Å². The number of rotatable bonds is 7. The fraction of sp³-hybridized carbons (Fsp3) is 0.100. The molecule has 0 aliphatic rings. The lowest BCUT2D eigenvalue weighted by Gasteiger charge is -2.25. The second-order valence-electron chi connectivity index (χ2n) is 5.92. The first-order chi connectivity index (χ1) is 13.5. The van der Waals surface area contributed by atoms with Crippen molar-refractivity contribution in [3.63, 3.8) is 0 Å². The zero-order chi connectivity index (χ0) is 20.0. The van der Waals surface area contributed by atoms with Crippen LogP contribution in [-0.2, 0) is 14.8 Å². The van der Waals surface area contributed by atoms with E-state index in [1.807, 2.05) is 0 Å². The van der Waals surface area contributed by atoms with E-state index in [-0.39, 0.29) is 4.90 Å². The van der Waals surface area contributed by atoms with Gasteiger partial charge in [-0.2, -0.15) is 5.10 Å². The van der Waals surface area contributed by atoms with Crippen LogP contribution in [0, 0.1) is 6.92 Å². The smallest absolute Gasteiger partial charge is 0.264 e. The van der Waals surface area contributed by atoms with Crippen LogP contribution >= 0.6 is 0 Å². The van der Waals surface area contributed by atoms with Crippen LogP contribution in [0.2, 0.25) is 0 Å². The number of hydrogen-bond acceptors (Lipinski definition) is 5. The van der Waals surface area contributed by atoms with Crippen LogP contribution in [0.4, 0.5) is 5.69 Å². The monoisotopic (exact) mass is 397 g/mol. The van der Waals surface area contributed by atoms with Gasteiger partial charge in [0.25, 0.3) is 15.9 Å². The Bertz CT molecular complexity index is 1060. The highest BCUT2D eigenvalue weighted by Crippen LogP contribution is 2.26. The fourth-order valence-corrected chi connectivity index (χ4v) is 4.07. The van der Waals surface area contributed by atoms with Crippen molar-refractivity contribution in [1.29, 1.82) is 0 Å². The van der Waals surface area contributed by atoms with Crippen LogP contribution in [0.15, 0.2) is 87.4 Å². The molecular weight excluding hydrogens is 378 g/mol. The molecule has 0 spiro atoms. The zero-order valence-electron chi connectivity index (χ0n) is 15.1. The molecule has 1 heterocycles. The van der Waals surface area contributed by atoms with Crippen LogP contribution in [0.1, 0.15) is 11.3 Å². The van der Waals surface area contributed by atoms with Crippen molar-refractivity contribution in [2.24, 2.45) is 5.10 Å². The second-order valence-corrected chi connectivity index (χ2v) is 7.78. The fourth-order valence-electron chi connectivity index (χ4n) is 2.56. The molecule has 0 unspecified atom stereocenters. The maximum atomic E-state index is 13.2. The predicted octanol–water partition coefficient (Wildman–Crippen LogP) is 2.93. The molecule has 3 rings (SSSR count). The molecule has 2 aromatic carbocycles. The van der Waals surface area contributed by atoms with Crippen molar-refractivity contribution in [2.45, 2.75) is 11.8 Å². The Balaban J connectivity index is 1.87. The number of sulfonamides is 1. The van der Waals surface area contributed by atoms with Gasteiger partial charge in [-0.05, 0) is 42.8 Å². The van der Waals surface area contributed by atoms with E-state index in [0.717, 1.165) is 9.87 Å². The summed E-state index contributed by atoms with van der Waals surface area (Å²) in [6.07, 6.45) is 2.82. The average Bonchev–Trinajstić information content (AvgIpc) is 3.21. The number of amides is 1. The third-order valence-corrected chi connectivity index (χ3v) is 5.70. The predicted molar refractivity (Wildman–Crippen MR) is 107 cm³/mol. The minimum Gasteiger partial charge on any atom is -0.463 e. The quantitative estimate of drug-likeness (QED) is 0.490. The molecule has 0 bridgehead atoms. The van der Waals surface area contributed by atoms with Gasteiger partial charge in [0.2, 0.25) is 0 Å². The van der Waals surface area contributed by atoms with Gasteiger partial charge >= 0.3 is 0 Å². The molecule has 144 valence electrons. The van der Waals surface area contributed by atoms with Gasteiger partial charge in [-0.3, -0.25) is 9.10 Å². The average molecular weight is 397 g/mol. The van der Waals surface area contributed by atoms with E-state index < -0.39 is 22.5 Å². The van der Waals surface area contributed by atoms with E-state index in [4.69, 9.17) is 4.42 Å². The lowest BCUT2D eigenvalue weighted by atomic mass is 10.2. The highest BCUT2D eigenvalue weighted by molar-refractivity contribution is 7.92. The highest BCUT2D eigenvalue weighted by Gasteiger charge is 2.27. The van der Waals surface area contributed by atoms with Crippen molar-refractivity contribution in [3.8, 4) is 0 Å². The number of hydrogen-bond donors (Lipinski definition) is 1. The van der Waals surface area contributed by atoms with Crippen LogP contribution in [-0.4, -0.2) is 27.1 Å². The molecule has 1 N–H and O–H groups in total. The Hall–Kier alpha value is -3.39. The first-order valence-electron chi connectivity index (χ1n) is 8.47. The SMILES string of the molecule is Cc1ccccc1N(CC(=O)N/N=C\c1ccco1)S(=O)(=O)c1ccccc1. The number of carbonyl (C=O) groups excluding carboxylic acids is 1. The molecule has 7 nitrogen and oxygen atoms in total. The van der Waals surface area contributed by atoms with Gasteiger partial charge in [-0.1, -0.05) is 36.4 Å². The molecule has 0 fully saturated rings. The summed E-state index contributed by atoms with van der Waals surface area (Å²) in [7, 11) is -3.94. The van der Waals surface area contributed by atoms with Gasteiger partial charge in [0, 0.05) is 0 Å². The van der Waals surface area contributed by atoms with Crippen molar-refractivity contribution < 1.29 is 17.6 Å². The molecule has 8 heteroatoms. The van der Waals surface area contributed by atoms with Crippen molar-refractivity contribution in [2.75, 3.05) is 10.8 Å². The lowest BCUT2D eigenvalue weighted by molar-refractivity contribution is -0.119. The first-order valence-corrected chi connectivity index (χ1v) is 9.91. The van der Waals surface area contributed by atoms with Gasteiger partial charge in [-0.25, -0.2) is 13.8 Å². The molecule has 28 heavy (non-hydrogen) atoms. The van der Waals surface area contributed by atoms with Gasteiger partial charge < -0.3 is 4.42 Å². The molecule has 1 aromatic heterocycles. The Kier molecular flexibility index (Phi) is 5.90. The molecular formula is C20H19N3O4S. The molecule has 0 atom stereocenters. The van der Waals surface area contributed by atoms with Gasteiger partial charge in [-0.15, -0.1) is 0 Å². The van der Waals surface area contributed by atoms with Crippen LogP contribution in [0.3, 0.4) is 0 Å². The third-order valence-electron chi connectivity index (χ3n) is 3.93. The van der Waals surface area contributed by atoms with Crippen molar-refractivity contribution >= 4 is 27.8 Å². The lowest BCUT2D eigenvalue weighted by Crippen LogP contribution is -2.40. The molecule has 1 amide bonds. The number of benzene rings is 2. The number of carbonyl (C=O) groups is 1. The van der Waals surface area contributed by atoms with Crippen LogP contribution in [0.5, 0.6) is 0 Å². The Labute approximate surface area is 163 Å². The van der Waals surface area contributed by atoms with Crippen molar-refractivity contribution in [3.05, 3.63) is 84.3 Å². The Morgan fingerprint density at radius 2 is 1.79 bits per heavy atom. The zero-order valence-corrected chi connectivity index (χ0v) is 16.0. The number of furan rings is 1. The summed E-state index contributed by atoms with van der Waals surface area (Å²) >= 11 is 0. The highest BCUT2D eigenvalue weighted by atomic mass is 32.2. The normalized spacial score (nSPS) is 11.5. The largest absolute Gasteiger partial charge is 0.463 e. The van der Waals surface area contributed by atoms with E-state index in [2.05, 4.69) is 10.5 Å². The van der Waals surface area contributed by atoms with Crippen molar-refractivity contribution in [1.82, 2.24) is 5.43 Å². The van der Waals surface area contributed by atoms with Gasteiger partial charge in [0.15, 0.2) is 0 Å². The first kappa shape index (κ1) is 19.4. The summed E-state index contributed by atoms with van der Waals surface area (Å²) in [4.78, 5) is 12.5. The standard InChI is InChI=1S/C20H19N3O4S/c1-16-8-5-6-12-19(16)23(28(25,26)18-10-3-2-4-11-18)15-20(24)22-21-14-17-9-7-13-27-17/h2-14H,15H2,1H3,(H,22,24)/b21-14-. The minimum absolute atomic E-state index is 0.102. The van der Waals surface area contributed by atoms with E-state index in [1.165, 1.54) is 24.6 Å². The Morgan fingerprint density at radius 3 is 2.46 bits per heavy atom. The van der Waals surface area contributed by atoms with E-state index in [9.17, 15) is 13.2 Å². The third kappa shape index (κ3) is 4.47. The number of hydrazone groups is 1. The summed E-state index contributed by atoms with van der Waals surface area (Å²) in [6.45, 7) is 1.37. The molecule has 0 saturated heterocycles. The number of nitrogens with zero attached hydrogens (tertiary/aromatic N) is 2. The maximum Gasteiger partial charge on any atom is 0.264 e. The minimum atomic E-state index is -3.94. The molecule has 0 aliphatic carbocycles. The summed E-state index contributed by atoms with van der Waals surface area (Å²) in [6, 6.07) is 18.3. The number of nitrogens with one attached hydrogen (secondary N) is 1. The number of anilines is 1. The van der Waals surface area contributed by atoms with E-state index >= 15 is 0 Å². The van der Waals surface area contributed by atoms with E-state index in [1.54, 1.807) is 61.5 Å². The summed E-state index contributed by atoms with van der Waals surface area (Å²) in [5.41, 5.74) is 3.49. The Morgan fingerprint density at radius 1 is 1.07 bits per heavy atom.